The lowest BCUT2D eigenvalue weighted by molar-refractivity contribution is -0.137. The van der Waals surface area contributed by atoms with Crippen molar-refractivity contribution in [2.24, 2.45) is 5.92 Å². The summed E-state index contributed by atoms with van der Waals surface area (Å²) >= 11 is 1.08. The zero-order valence-electron chi connectivity index (χ0n) is 27.6. The monoisotopic (exact) mass is 711 g/mol. The van der Waals surface area contributed by atoms with Crippen LogP contribution in [0.4, 0.5) is 18.9 Å². The maximum atomic E-state index is 14.3. The first kappa shape index (κ1) is 37.6. The van der Waals surface area contributed by atoms with Crippen LogP contribution in [0.25, 0.3) is 0 Å². The maximum Gasteiger partial charge on any atom is 0.416 e. The molecule has 0 spiro atoms. The Labute approximate surface area is 284 Å². The van der Waals surface area contributed by atoms with Gasteiger partial charge in [-0.15, -0.1) is 11.3 Å². The van der Waals surface area contributed by atoms with Crippen LogP contribution in [0, 0.1) is 5.92 Å². The number of likely N-dealkylation sites (N-methyl/N-ethyl adjacent to an activating group) is 1. The van der Waals surface area contributed by atoms with Crippen LogP contribution in [0.3, 0.4) is 0 Å². The predicted octanol–water partition coefficient (Wildman–Crippen LogP) is 6.50. The molecule has 2 aromatic carbocycles. The topological polar surface area (TPSA) is 108 Å². The number of aliphatic hydroxyl groups excluding tert-OH is 1. The Morgan fingerprint density at radius 1 is 1.12 bits per heavy atom. The summed E-state index contributed by atoms with van der Waals surface area (Å²) in [7, 11) is -2.01. The molecule has 0 aliphatic carbocycles. The number of carbonyl (C=O) groups is 1. The Kier molecular flexibility index (Phi) is 12.9. The van der Waals surface area contributed by atoms with Crippen LogP contribution in [0.2, 0.25) is 0 Å². The molecule has 4 atom stereocenters. The number of benzene rings is 2. The summed E-state index contributed by atoms with van der Waals surface area (Å²) in [5.41, 5.74) is 0.382. The van der Waals surface area contributed by atoms with E-state index in [1.807, 2.05) is 25.8 Å². The number of aliphatic hydroxyl groups is 1. The summed E-state index contributed by atoms with van der Waals surface area (Å²) in [6, 6.07) is 12.3. The first-order valence-electron chi connectivity index (χ1n) is 15.9. The van der Waals surface area contributed by atoms with Crippen molar-refractivity contribution in [3.05, 3.63) is 76.7 Å². The van der Waals surface area contributed by atoms with Gasteiger partial charge in [-0.3, -0.25) is 14.4 Å². The van der Waals surface area contributed by atoms with Gasteiger partial charge in [-0.25, -0.2) is 8.42 Å². The lowest BCUT2D eigenvalue weighted by Gasteiger charge is -2.36. The van der Waals surface area contributed by atoms with Crippen LogP contribution in [0.1, 0.15) is 61.5 Å². The zero-order chi connectivity index (χ0) is 35.1. The molecule has 3 aromatic rings. The molecule has 14 heteroatoms. The van der Waals surface area contributed by atoms with Gasteiger partial charge in [0.25, 0.3) is 15.9 Å². The van der Waals surface area contributed by atoms with Gasteiger partial charge in [0, 0.05) is 37.8 Å². The Hall–Kier alpha value is -3.17. The number of thiophene rings is 1. The standard InChI is InChI=1S/C34H44F3N3O6S2/c1-23-19-40(24(2)22-41)33(42)29-18-28(38-48(43,44)32-9-7-17-47-32)14-15-30(29)46-25(3)8-5-6-16-45-31(23)21-39(4)20-26-10-12-27(13-11-26)34(35,36)37/h7,9-15,17-18,23-25,31,38,41H,5-6,8,16,19-22H2,1-4H3/t23-,24+,25-,31-/m1/s1. The molecule has 1 amide bonds. The fraction of sp³-hybridized carbons (Fsp3) is 0.500. The van der Waals surface area contributed by atoms with Crippen molar-refractivity contribution in [3.63, 3.8) is 0 Å². The summed E-state index contributed by atoms with van der Waals surface area (Å²) in [5.74, 6) is -0.336. The fourth-order valence-electron chi connectivity index (χ4n) is 5.55. The van der Waals surface area contributed by atoms with Gasteiger partial charge in [-0.1, -0.05) is 25.1 Å². The van der Waals surface area contributed by atoms with Crippen LogP contribution < -0.4 is 9.46 Å². The lowest BCUT2D eigenvalue weighted by atomic mass is 10.0. The van der Waals surface area contributed by atoms with Crippen molar-refractivity contribution in [1.29, 1.82) is 0 Å². The predicted molar refractivity (Wildman–Crippen MR) is 180 cm³/mol. The van der Waals surface area contributed by atoms with Crippen LogP contribution in [-0.4, -0.2) is 80.8 Å². The number of hydrogen-bond acceptors (Lipinski definition) is 8. The van der Waals surface area contributed by atoms with Gasteiger partial charge in [0.15, 0.2) is 0 Å². The van der Waals surface area contributed by atoms with E-state index >= 15 is 0 Å². The van der Waals surface area contributed by atoms with Gasteiger partial charge in [-0.2, -0.15) is 13.2 Å². The van der Waals surface area contributed by atoms with Crippen LogP contribution in [0.15, 0.2) is 64.2 Å². The summed E-state index contributed by atoms with van der Waals surface area (Å²) in [6.45, 7) is 6.81. The molecule has 2 heterocycles. The van der Waals surface area contributed by atoms with Crippen molar-refractivity contribution in [2.75, 3.05) is 38.1 Å². The number of alkyl halides is 3. The highest BCUT2D eigenvalue weighted by atomic mass is 32.2. The highest BCUT2D eigenvalue weighted by Crippen LogP contribution is 2.31. The number of anilines is 1. The van der Waals surface area contributed by atoms with E-state index in [1.54, 1.807) is 35.4 Å². The largest absolute Gasteiger partial charge is 0.490 e. The third-order valence-electron chi connectivity index (χ3n) is 8.29. The minimum atomic E-state index is -4.40. The Bertz CT molecular complexity index is 1590. The van der Waals surface area contributed by atoms with E-state index in [0.717, 1.165) is 41.9 Å². The summed E-state index contributed by atoms with van der Waals surface area (Å²) in [6.07, 6.45) is -2.73. The quantitative estimate of drug-likeness (QED) is 0.261. The number of halogens is 3. The minimum absolute atomic E-state index is 0.137. The number of carbonyl (C=O) groups excluding carboxylic acids is 1. The van der Waals surface area contributed by atoms with E-state index in [0.29, 0.717) is 31.9 Å². The van der Waals surface area contributed by atoms with Crippen LogP contribution >= 0.6 is 11.3 Å². The minimum Gasteiger partial charge on any atom is -0.490 e. The highest BCUT2D eigenvalue weighted by Gasteiger charge is 2.32. The van der Waals surface area contributed by atoms with E-state index in [-0.39, 0.29) is 46.7 Å². The number of ether oxygens (including phenoxy) is 2. The van der Waals surface area contributed by atoms with E-state index in [4.69, 9.17) is 9.47 Å². The number of sulfonamides is 1. The molecule has 9 nitrogen and oxygen atoms in total. The normalized spacial score (nSPS) is 20.9. The van der Waals surface area contributed by atoms with Crippen LogP contribution in [-0.2, 0) is 27.5 Å². The van der Waals surface area contributed by atoms with Crippen molar-refractivity contribution in [3.8, 4) is 5.75 Å². The molecule has 0 saturated carbocycles. The molecular weight excluding hydrogens is 668 g/mol. The van der Waals surface area contributed by atoms with E-state index in [1.165, 1.54) is 24.3 Å². The van der Waals surface area contributed by atoms with Gasteiger partial charge in [-0.05, 0) is 87.5 Å². The van der Waals surface area contributed by atoms with E-state index < -0.39 is 33.7 Å². The van der Waals surface area contributed by atoms with E-state index in [2.05, 4.69) is 4.72 Å². The van der Waals surface area contributed by atoms with E-state index in [9.17, 15) is 31.5 Å². The molecule has 1 aliphatic heterocycles. The Morgan fingerprint density at radius 3 is 2.50 bits per heavy atom. The molecule has 0 unspecified atom stereocenters. The number of rotatable bonds is 9. The van der Waals surface area contributed by atoms with Crippen molar-refractivity contribution >= 4 is 33.0 Å². The zero-order valence-corrected chi connectivity index (χ0v) is 29.2. The van der Waals surface area contributed by atoms with Gasteiger partial charge < -0.3 is 19.5 Å². The highest BCUT2D eigenvalue weighted by molar-refractivity contribution is 7.94. The second-order valence-corrected chi connectivity index (χ2v) is 15.3. The van der Waals surface area contributed by atoms with Crippen molar-refractivity contribution in [1.82, 2.24) is 9.80 Å². The van der Waals surface area contributed by atoms with Gasteiger partial charge >= 0.3 is 6.18 Å². The average Bonchev–Trinajstić information content (AvgIpc) is 3.59. The summed E-state index contributed by atoms with van der Waals surface area (Å²) in [4.78, 5) is 17.8. The average molecular weight is 712 g/mol. The third-order valence-corrected chi connectivity index (χ3v) is 11.1. The molecular formula is C34H44F3N3O6S2. The summed E-state index contributed by atoms with van der Waals surface area (Å²) < 4.78 is 80.4. The lowest BCUT2D eigenvalue weighted by Crippen LogP contribution is -2.47. The third kappa shape index (κ3) is 10.2. The second kappa shape index (κ2) is 16.5. The molecule has 48 heavy (non-hydrogen) atoms. The molecule has 4 rings (SSSR count). The first-order chi connectivity index (χ1) is 22.7. The van der Waals surface area contributed by atoms with Crippen molar-refractivity contribution in [2.45, 2.75) is 75.2 Å². The van der Waals surface area contributed by atoms with Gasteiger partial charge in [0.1, 0.15) is 9.96 Å². The number of hydrogen-bond donors (Lipinski definition) is 2. The van der Waals surface area contributed by atoms with Gasteiger partial charge in [0.2, 0.25) is 0 Å². The number of nitrogens with one attached hydrogen (secondary N) is 1. The van der Waals surface area contributed by atoms with Crippen LogP contribution in [0.5, 0.6) is 5.75 Å². The first-order valence-corrected chi connectivity index (χ1v) is 18.3. The summed E-state index contributed by atoms with van der Waals surface area (Å²) in [5, 5.41) is 11.8. The number of nitrogens with zero attached hydrogens (tertiary/aromatic N) is 2. The molecule has 264 valence electrons. The fourth-order valence-corrected chi connectivity index (χ4v) is 7.60. The maximum absolute atomic E-state index is 14.3. The SMILES string of the molecule is C[C@@H]1CCCCO[C@H](CN(C)Cc2ccc(C(F)(F)F)cc2)[C@H](C)CN([C@@H](C)CO)C(=O)c2cc(NS(=O)(=O)c3cccs3)ccc2O1. The molecule has 0 bridgehead atoms. The number of amides is 1. The molecule has 0 fully saturated rings. The Balaban J connectivity index is 1.60. The molecule has 1 aromatic heterocycles. The van der Waals surface area contributed by atoms with Gasteiger partial charge in [0.05, 0.1) is 36.0 Å². The molecule has 1 aliphatic rings. The number of fused-ring (bicyclic) bond motifs is 1. The molecule has 0 saturated heterocycles. The second-order valence-electron chi connectivity index (χ2n) is 12.4. The van der Waals surface area contributed by atoms with Crippen molar-refractivity contribution < 1.29 is 41.0 Å². The molecule has 0 radical (unpaired) electrons. The molecule has 2 N–H and O–H groups in total. The Morgan fingerprint density at radius 2 is 1.85 bits per heavy atom. The smallest absolute Gasteiger partial charge is 0.416 e.